The summed E-state index contributed by atoms with van der Waals surface area (Å²) in [7, 11) is 3.52. The Labute approximate surface area is 168 Å². The van der Waals surface area contributed by atoms with Crippen molar-refractivity contribution in [3.05, 3.63) is 35.9 Å². The first-order valence-corrected chi connectivity index (χ1v) is 8.81. The predicted octanol–water partition coefficient (Wildman–Crippen LogP) is 2.78. The zero-order valence-corrected chi connectivity index (χ0v) is 18.1. The van der Waals surface area contributed by atoms with Gasteiger partial charge in [0.1, 0.15) is 6.54 Å². The maximum atomic E-state index is 11.8. The second-order valence-corrected chi connectivity index (χ2v) is 6.69. The number of carbonyl (C=O) groups is 1. The summed E-state index contributed by atoms with van der Waals surface area (Å²) in [4.78, 5) is 20.2. The molecule has 1 N–H and O–H groups in total. The third kappa shape index (κ3) is 6.17. The minimum atomic E-state index is 0. The lowest BCUT2D eigenvalue weighted by Crippen LogP contribution is -2.48. The average molecular weight is 458 g/mol. The summed E-state index contributed by atoms with van der Waals surface area (Å²) in [5.74, 6) is 2.02. The summed E-state index contributed by atoms with van der Waals surface area (Å²) in [6.07, 6.45) is 1.11. The Bertz CT molecular complexity index is 562. The number of guanidine groups is 1. The zero-order valence-electron chi connectivity index (χ0n) is 15.7. The molecule has 0 saturated carbocycles. The molecule has 1 amide bonds. The van der Waals surface area contributed by atoms with Gasteiger partial charge in [0, 0.05) is 33.7 Å². The number of benzene rings is 1. The van der Waals surface area contributed by atoms with E-state index in [1.165, 1.54) is 5.56 Å². The number of hydrogen-bond donors (Lipinski definition) is 1. The normalized spacial score (nSPS) is 20.6. The maximum Gasteiger partial charge on any atom is 0.243 e. The van der Waals surface area contributed by atoms with Crippen LogP contribution in [0.25, 0.3) is 0 Å². The highest BCUT2D eigenvalue weighted by Gasteiger charge is 2.28. The largest absolute Gasteiger partial charge is 0.357 e. The first kappa shape index (κ1) is 21.7. The third-order valence-electron chi connectivity index (χ3n) is 4.63. The number of halogens is 1. The lowest BCUT2D eigenvalue weighted by atomic mass is 9.82. The summed E-state index contributed by atoms with van der Waals surface area (Å²) >= 11 is 0. The molecule has 0 spiro atoms. The van der Waals surface area contributed by atoms with E-state index in [2.05, 4.69) is 59.4 Å². The quantitative estimate of drug-likeness (QED) is 0.429. The van der Waals surface area contributed by atoms with E-state index in [0.717, 1.165) is 32.0 Å². The number of carbonyl (C=O) groups excluding carboxylic acids is 1. The van der Waals surface area contributed by atoms with Gasteiger partial charge in [-0.25, -0.2) is 4.99 Å². The molecule has 6 heteroatoms. The minimum absolute atomic E-state index is 0. The fraction of sp³-hybridized carbons (Fsp3) is 0.579. The number of piperidine rings is 1. The van der Waals surface area contributed by atoms with E-state index in [1.54, 1.807) is 19.0 Å². The van der Waals surface area contributed by atoms with Crippen molar-refractivity contribution in [2.45, 2.75) is 26.2 Å². The monoisotopic (exact) mass is 458 g/mol. The van der Waals surface area contributed by atoms with Crippen molar-refractivity contribution in [1.82, 2.24) is 15.1 Å². The van der Waals surface area contributed by atoms with Gasteiger partial charge in [-0.2, -0.15) is 0 Å². The molecule has 2 unspecified atom stereocenters. The molecular weight excluding hydrogens is 427 g/mol. The lowest BCUT2D eigenvalue weighted by molar-refractivity contribution is -0.127. The molecule has 0 aliphatic carbocycles. The first-order valence-electron chi connectivity index (χ1n) is 8.81. The molecule has 1 fully saturated rings. The molecule has 0 radical (unpaired) electrons. The van der Waals surface area contributed by atoms with E-state index in [-0.39, 0.29) is 36.4 Å². The molecular formula is C19H31IN4O. The van der Waals surface area contributed by atoms with Crippen LogP contribution in [0.4, 0.5) is 0 Å². The van der Waals surface area contributed by atoms with Gasteiger partial charge in [-0.15, -0.1) is 24.0 Å². The van der Waals surface area contributed by atoms with E-state index in [4.69, 9.17) is 0 Å². The van der Waals surface area contributed by atoms with Gasteiger partial charge in [-0.3, -0.25) is 4.79 Å². The number of nitrogens with one attached hydrogen (secondary N) is 1. The summed E-state index contributed by atoms with van der Waals surface area (Å²) in [5.41, 5.74) is 1.43. The van der Waals surface area contributed by atoms with Crippen molar-refractivity contribution in [2.24, 2.45) is 10.9 Å². The Morgan fingerprint density at radius 1 is 1.32 bits per heavy atom. The Balaban J connectivity index is 0.00000312. The zero-order chi connectivity index (χ0) is 17.5. The molecule has 0 aromatic heterocycles. The van der Waals surface area contributed by atoms with Crippen LogP contribution in [0.15, 0.2) is 35.3 Å². The molecule has 5 nitrogen and oxygen atoms in total. The van der Waals surface area contributed by atoms with E-state index in [1.807, 2.05) is 0 Å². The summed E-state index contributed by atoms with van der Waals surface area (Å²) in [6, 6.07) is 10.8. The minimum Gasteiger partial charge on any atom is -0.357 e. The second-order valence-electron chi connectivity index (χ2n) is 6.69. The van der Waals surface area contributed by atoms with Gasteiger partial charge in [-0.1, -0.05) is 37.3 Å². The van der Waals surface area contributed by atoms with Crippen LogP contribution < -0.4 is 5.32 Å². The molecule has 25 heavy (non-hydrogen) atoms. The number of hydrogen-bond acceptors (Lipinski definition) is 2. The van der Waals surface area contributed by atoms with Crippen molar-refractivity contribution in [2.75, 3.05) is 40.3 Å². The molecule has 1 aromatic rings. The number of amides is 1. The Morgan fingerprint density at radius 3 is 2.56 bits per heavy atom. The predicted molar refractivity (Wildman–Crippen MR) is 115 cm³/mol. The van der Waals surface area contributed by atoms with Crippen LogP contribution in [0.5, 0.6) is 0 Å². The fourth-order valence-corrected chi connectivity index (χ4v) is 3.24. The van der Waals surface area contributed by atoms with E-state index in [9.17, 15) is 4.79 Å². The number of nitrogens with zero attached hydrogens (tertiary/aromatic N) is 3. The van der Waals surface area contributed by atoms with Crippen LogP contribution in [0.3, 0.4) is 0 Å². The molecule has 2 atom stereocenters. The highest BCUT2D eigenvalue weighted by Crippen LogP contribution is 2.32. The van der Waals surface area contributed by atoms with E-state index < -0.39 is 0 Å². The Morgan fingerprint density at radius 2 is 2.00 bits per heavy atom. The van der Waals surface area contributed by atoms with Crippen molar-refractivity contribution in [3.8, 4) is 0 Å². The average Bonchev–Trinajstić information content (AvgIpc) is 2.58. The van der Waals surface area contributed by atoms with Gasteiger partial charge in [0.05, 0.1) is 0 Å². The number of aliphatic imine (C=N–C) groups is 1. The maximum absolute atomic E-state index is 11.8. The van der Waals surface area contributed by atoms with Gasteiger partial charge in [0.2, 0.25) is 5.91 Å². The molecule has 140 valence electrons. The number of likely N-dealkylation sites (N-methyl/N-ethyl adjacent to an activating group) is 1. The van der Waals surface area contributed by atoms with Crippen LogP contribution in [0, 0.1) is 5.92 Å². The van der Waals surface area contributed by atoms with Crippen LogP contribution in [0.2, 0.25) is 0 Å². The molecule has 0 bridgehead atoms. The number of rotatable bonds is 4. The van der Waals surface area contributed by atoms with E-state index >= 15 is 0 Å². The molecule has 1 aliphatic rings. The molecule has 2 rings (SSSR count). The summed E-state index contributed by atoms with van der Waals surface area (Å²) in [6.45, 7) is 7.29. The van der Waals surface area contributed by atoms with Crippen LogP contribution in [-0.4, -0.2) is 61.9 Å². The molecule has 1 aliphatic heterocycles. The highest BCUT2D eigenvalue weighted by atomic mass is 127. The van der Waals surface area contributed by atoms with Crippen LogP contribution in [-0.2, 0) is 4.79 Å². The second kappa shape index (κ2) is 10.6. The Kier molecular flexibility index (Phi) is 9.24. The number of likely N-dealkylation sites (tertiary alicyclic amines) is 1. The van der Waals surface area contributed by atoms with Crippen molar-refractivity contribution in [1.29, 1.82) is 0 Å². The standard InChI is InChI=1S/C19H30N4O.HI/c1-5-20-19(21-13-18(24)22(3)4)23-12-11-17(15(2)14-23)16-9-7-6-8-10-16;/h6-10,15,17H,5,11-14H2,1-4H3,(H,20,21);1H. The van der Waals surface area contributed by atoms with Gasteiger partial charge < -0.3 is 15.1 Å². The first-order chi connectivity index (χ1) is 11.5. The van der Waals surface area contributed by atoms with Crippen molar-refractivity contribution >= 4 is 35.8 Å². The van der Waals surface area contributed by atoms with Crippen LogP contribution >= 0.6 is 24.0 Å². The molecule has 1 aromatic carbocycles. The summed E-state index contributed by atoms with van der Waals surface area (Å²) in [5, 5.41) is 3.33. The third-order valence-corrected chi connectivity index (χ3v) is 4.63. The topological polar surface area (TPSA) is 47.9 Å². The van der Waals surface area contributed by atoms with E-state index in [0.29, 0.717) is 11.8 Å². The Hall–Kier alpha value is -1.31. The van der Waals surface area contributed by atoms with Crippen molar-refractivity contribution < 1.29 is 4.79 Å². The molecule has 1 saturated heterocycles. The van der Waals surface area contributed by atoms with Gasteiger partial charge >= 0.3 is 0 Å². The van der Waals surface area contributed by atoms with Gasteiger partial charge in [0.15, 0.2) is 5.96 Å². The van der Waals surface area contributed by atoms with Crippen molar-refractivity contribution in [3.63, 3.8) is 0 Å². The lowest BCUT2D eigenvalue weighted by Gasteiger charge is -2.39. The van der Waals surface area contributed by atoms with Gasteiger partial charge in [-0.05, 0) is 30.7 Å². The smallest absolute Gasteiger partial charge is 0.243 e. The fourth-order valence-electron chi connectivity index (χ4n) is 3.24. The highest BCUT2D eigenvalue weighted by molar-refractivity contribution is 14.0. The summed E-state index contributed by atoms with van der Waals surface area (Å²) < 4.78 is 0. The van der Waals surface area contributed by atoms with Crippen LogP contribution in [0.1, 0.15) is 31.7 Å². The molecule has 1 heterocycles. The SMILES string of the molecule is CCNC(=NCC(=O)N(C)C)N1CCC(c2ccccc2)C(C)C1.I. The van der Waals surface area contributed by atoms with Gasteiger partial charge in [0.25, 0.3) is 0 Å².